The SMILES string of the molecule is COc1cc(CSc2nnnn2C)c(OC)cc1Br. The van der Waals surface area contributed by atoms with Crippen molar-refractivity contribution in [1.82, 2.24) is 20.2 Å². The summed E-state index contributed by atoms with van der Waals surface area (Å²) < 4.78 is 13.2. The largest absolute Gasteiger partial charge is 0.496 e. The van der Waals surface area contributed by atoms with Crippen LogP contribution < -0.4 is 9.47 Å². The summed E-state index contributed by atoms with van der Waals surface area (Å²) in [5.74, 6) is 2.27. The first-order chi connectivity index (χ1) is 9.15. The van der Waals surface area contributed by atoms with Gasteiger partial charge < -0.3 is 9.47 Å². The van der Waals surface area contributed by atoms with Gasteiger partial charge in [-0.05, 0) is 38.5 Å². The van der Waals surface area contributed by atoms with Crippen LogP contribution in [0.4, 0.5) is 0 Å². The van der Waals surface area contributed by atoms with Gasteiger partial charge in [-0.25, -0.2) is 4.68 Å². The number of aryl methyl sites for hydroxylation is 1. The highest BCUT2D eigenvalue weighted by molar-refractivity contribution is 9.10. The number of hydrogen-bond donors (Lipinski definition) is 0. The molecular weight excluding hydrogens is 332 g/mol. The first kappa shape index (κ1) is 14.1. The summed E-state index contributed by atoms with van der Waals surface area (Å²) in [4.78, 5) is 0. The van der Waals surface area contributed by atoms with E-state index in [9.17, 15) is 0 Å². The van der Waals surface area contributed by atoms with E-state index in [1.807, 2.05) is 19.2 Å². The molecule has 102 valence electrons. The number of benzene rings is 1. The normalized spacial score (nSPS) is 10.5. The van der Waals surface area contributed by atoms with Gasteiger partial charge in [0.1, 0.15) is 11.5 Å². The van der Waals surface area contributed by atoms with Crippen molar-refractivity contribution in [2.75, 3.05) is 14.2 Å². The van der Waals surface area contributed by atoms with Crippen LogP contribution in [0.15, 0.2) is 21.8 Å². The van der Waals surface area contributed by atoms with E-state index in [0.29, 0.717) is 5.75 Å². The minimum absolute atomic E-state index is 0.695. The molecule has 0 atom stereocenters. The molecule has 0 aliphatic carbocycles. The van der Waals surface area contributed by atoms with Crippen molar-refractivity contribution < 1.29 is 9.47 Å². The van der Waals surface area contributed by atoms with E-state index >= 15 is 0 Å². The predicted octanol–water partition coefficient (Wildman–Crippen LogP) is 2.28. The van der Waals surface area contributed by atoms with Crippen molar-refractivity contribution in [3.63, 3.8) is 0 Å². The molecule has 1 heterocycles. The predicted molar refractivity (Wildman–Crippen MR) is 75.6 cm³/mol. The number of methoxy groups -OCH3 is 2. The Labute approximate surface area is 123 Å². The fourth-order valence-electron chi connectivity index (χ4n) is 1.52. The minimum atomic E-state index is 0.695. The van der Waals surface area contributed by atoms with E-state index in [-0.39, 0.29) is 0 Å². The maximum absolute atomic E-state index is 5.37. The van der Waals surface area contributed by atoms with Crippen LogP contribution in [0, 0.1) is 0 Å². The zero-order chi connectivity index (χ0) is 13.8. The Morgan fingerprint density at radius 3 is 2.58 bits per heavy atom. The maximum atomic E-state index is 5.37. The third-order valence-electron chi connectivity index (χ3n) is 2.49. The van der Waals surface area contributed by atoms with E-state index in [0.717, 1.165) is 26.7 Å². The van der Waals surface area contributed by atoms with Crippen LogP contribution >= 0.6 is 27.7 Å². The van der Waals surface area contributed by atoms with Gasteiger partial charge >= 0.3 is 0 Å². The molecule has 0 saturated carbocycles. The molecule has 0 unspecified atom stereocenters. The molecule has 2 aromatic rings. The number of thioether (sulfide) groups is 1. The number of hydrogen-bond acceptors (Lipinski definition) is 6. The third-order valence-corrected chi connectivity index (χ3v) is 4.17. The van der Waals surface area contributed by atoms with Gasteiger partial charge in [-0.1, -0.05) is 11.8 Å². The van der Waals surface area contributed by atoms with Crippen LogP contribution in [0.25, 0.3) is 0 Å². The van der Waals surface area contributed by atoms with Gasteiger partial charge in [-0.15, -0.1) is 5.10 Å². The molecule has 0 N–H and O–H groups in total. The summed E-state index contributed by atoms with van der Waals surface area (Å²) in [7, 11) is 5.09. The molecular formula is C11H13BrN4O2S. The van der Waals surface area contributed by atoms with Crippen LogP contribution in [-0.4, -0.2) is 34.4 Å². The smallest absolute Gasteiger partial charge is 0.209 e. The Hall–Kier alpha value is -1.28. The number of tetrazole rings is 1. The highest BCUT2D eigenvalue weighted by atomic mass is 79.9. The van der Waals surface area contributed by atoms with Crippen molar-refractivity contribution >= 4 is 27.7 Å². The lowest BCUT2D eigenvalue weighted by molar-refractivity contribution is 0.398. The van der Waals surface area contributed by atoms with Crippen LogP contribution in [0.1, 0.15) is 5.56 Å². The number of ether oxygens (including phenoxy) is 2. The molecule has 2 rings (SSSR count). The molecule has 0 aliphatic heterocycles. The van der Waals surface area contributed by atoms with Gasteiger partial charge in [-0.3, -0.25) is 0 Å². The molecule has 8 heteroatoms. The molecule has 19 heavy (non-hydrogen) atoms. The monoisotopic (exact) mass is 344 g/mol. The van der Waals surface area contributed by atoms with E-state index in [1.165, 1.54) is 11.8 Å². The number of rotatable bonds is 5. The second-order valence-corrected chi connectivity index (χ2v) is 5.47. The summed E-state index contributed by atoms with van der Waals surface area (Å²) in [5, 5.41) is 12.1. The zero-order valence-corrected chi connectivity index (χ0v) is 13.2. The standard InChI is InChI=1S/C11H13BrN4O2S/c1-16-11(13-14-15-16)19-6-7-4-10(18-3)8(12)5-9(7)17-2/h4-5H,6H2,1-3H3. The van der Waals surface area contributed by atoms with Gasteiger partial charge in [0.2, 0.25) is 5.16 Å². The van der Waals surface area contributed by atoms with Crippen molar-refractivity contribution in [1.29, 1.82) is 0 Å². The Morgan fingerprint density at radius 2 is 2.00 bits per heavy atom. The van der Waals surface area contributed by atoms with E-state index in [2.05, 4.69) is 31.5 Å². The summed E-state index contributed by atoms with van der Waals surface area (Å²) in [5.41, 5.74) is 1.02. The highest BCUT2D eigenvalue weighted by Gasteiger charge is 2.11. The van der Waals surface area contributed by atoms with Crippen molar-refractivity contribution in [3.8, 4) is 11.5 Å². The summed E-state index contributed by atoms with van der Waals surface area (Å²) >= 11 is 4.97. The highest BCUT2D eigenvalue weighted by Crippen LogP contribution is 2.35. The Kier molecular flexibility index (Phi) is 4.65. The van der Waals surface area contributed by atoms with Crippen LogP contribution in [0.2, 0.25) is 0 Å². The summed E-state index contributed by atoms with van der Waals surface area (Å²) in [6.07, 6.45) is 0. The average Bonchev–Trinajstić information content (AvgIpc) is 2.82. The lowest BCUT2D eigenvalue weighted by atomic mass is 10.2. The lowest BCUT2D eigenvalue weighted by Crippen LogP contribution is -1.96. The molecule has 0 amide bonds. The van der Waals surface area contributed by atoms with Gasteiger partial charge in [-0.2, -0.15) is 0 Å². The topological polar surface area (TPSA) is 62.1 Å². The molecule has 0 radical (unpaired) electrons. The van der Waals surface area contributed by atoms with Crippen molar-refractivity contribution in [2.45, 2.75) is 10.9 Å². The van der Waals surface area contributed by atoms with E-state index < -0.39 is 0 Å². The first-order valence-corrected chi connectivity index (χ1v) is 7.19. The lowest BCUT2D eigenvalue weighted by Gasteiger charge is -2.11. The van der Waals surface area contributed by atoms with Gasteiger partial charge in [0, 0.05) is 18.4 Å². The van der Waals surface area contributed by atoms with E-state index in [4.69, 9.17) is 9.47 Å². The number of aromatic nitrogens is 4. The Bertz CT molecular complexity index is 576. The average molecular weight is 345 g/mol. The quantitative estimate of drug-likeness (QED) is 0.775. The fourth-order valence-corrected chi connectivity index (χ4v) is 2.83. The Morgan fingerprint density at radius 1 is 1.26 bits per heavy atom. The molecule has 1 aromatic heterocycles. The minimum Gasteiger partial charge on any atom is -0.496 e. The van der Waals surface area contributed by atoms with Gasteiger partial charge in [0.05, 0.1) is 18.7 Å². The molecule has 0 fully saturated rings. The molecule has 0 spiro atoms. The Balaban J connectivity index is 2.21. The molecule has 6 nitrogen and oxygen atoms in total. The van der Waals surface area contributed by atoms with Crippen LogP contribution in [0.5, 0.6) is 11.5 Å². The third kappa shape index (κ3) is 3.19. The molecule has 0 saturated heterocycles. The van der Waals surface area contributed by atoms with Gasteiger partial charge in [0.25, 0.3) is 0 Å². The van der Waals surface area contributed by atoms with E-state index in [1.54, 1.807) is 18.9 Å². The molecule has 0 aliphatic rings. The number of nitrogens with zero attached hydrogens (tertiary/aromatic N) is 4. The molecule has 1 aromatic carbocycles. The first-order valence-electron chi connectivity index (χ1n) is 5.41. The second-order valence-electron chi connectivity index (χ2n) is 3.67. The van der Waals surface area contributed by atoms with Crippen LogP contribution in [-0.2, 0) is 12.8 Å². The number of halogens is 1. The van der Waals surface area contributed by atoms with Crippen LogP contribution in [0.3, 0.4) is 0 Å². The van der Waals surface area contributed by atoms with Crippen molar-refractivity contribution in [2.24, 2.45) is 7.05 Å². The zero-order valence-electron chi connectivity index (χ0n) is 10.8. The summed E-state index contributed by atoms with van der Waals surface area (Å²) in [6.45, 7) is 0. The fraction of sp³-hybridized carbons (Fsp3) is 0.364. The second kappa shape index (κ2) is 6.25. The summed E-state index contributed by atoms with van der Waals surface area (Å²) in [6, 6.07) is 3.84. The maximum Gasteiger partial charge on any atom is 0.209 e. The van der Waals surface area contributed by atoms with Gasteiger partial charge in [0.15, 0.2) is 0 Å². The van der Waals surface area contributed by atoms with Crippen molar-refractivity contribution in [3.05, 3.63) is 22.2 Å². The molecule has 0 bridgehead atoms.